The normalized spacial score (nSPS) is 17.9. The van der Waals surface area contributed by atoms with Crippen LogP contribution < -0.4 is 10.2 Å². The average Bonchev–Trinajstić information content (AvgIpc) is 3.44. The standard InChI is InChI=1S/C16H20N4S/c1-2-14(1)17-7-13-8-18-16(19-9-13)20(15-3-4-15)10-12-5-6-21-11-12/h5-6,8-9,11,14-15,17H,1-4,7,10H2. The summed E-state index contributed by atoms with van der Waals surface area (Å²) in [5, 5.41) is 7.85. The molecule has 2 aromatic rings. The van der Waals surface area contributed by atoms with Gasteiger partial charge in [-0.25, -0.2) is 9.97 Å². The summed E-state index contributed by atoms with van der Waals surface area (Å²) in [6.07, 6.45) is 9.10. The fourth-order valence-electron chi connectivity index (χ4n) is 2.47. The number of nitrogens with one attached hydrogen (secondary N) is 1. The summed E-state index contributed by atoms with van der Waals surface area (Å²) in [7, 11) is 0. The second-order valence-electron chi connectivity index (χ2n) is 6.04. The van der Waals surface area contributed by atoms with Crippen LogP contribution in [0.1, 0.15) is 36.8 Å². The Labute approximate surface area is 129 Å². The van der Waals surface area contributed by atoms with Crippen molar-refractivity contribution in [2.75, 3.05) is 4.90 Å². The maximum atomic E-state index is 4.60. The minimum atomic E-state index is 0.625. The Bertz CT molecular complexity index is 573. The van der Waals surface area contributed by atoms with Crippen molar-refractivity contribution in [1.82, 2.24) is 15.3 Å². The van der Waals surface area contributed by atoms with Crippen LogP contribution in [0.25, 0.3) is 0 Å². The van der Waals surface area contributed by atoms with Gasteiger partial charge in [-0.15, -0.1) is 0 Å². The molecule has 5 heteroatoms. The van der Waals surface area contributed by atoms with E-state index in [9.17, 15) is 0 Å². The second kappa shape index (κ2) is 5.73. The van der Waals surface area contributed by atoms with E-state index in [1.807, 2.05) is 12.4 Å². The molecule has 110 valence electrons. The summed E-state index contributed by atoms with van der Waals surface area (Å²) in [6, 6.07) is 3.54. The predicted molar refractivity (Wildman–Crippen MR) is 85.4 cm³/mol. The van der Waals surface area contributed by atoms with Gasteiger partial charge in [0.1, 0.15) is 0 Å². The first-order chi connectivity index (χ1) is 10.4. The highest BCUT2D eigenvalue weighted by Gasteiger charge is 2.31. The summed E-state index contributed by atoms with van der Waals surface area (Å²) in [5.41, 5.74) is 2.53. The van der Waals surface area contributed by atoms with Gasteiger partial charge in [0.2, 0.25) is 5.95 Å². The highest BCUT2D eigenvalue weighted by molar-refractivity contribution is 7.07. The van der Waals surface area contributed by atoms with Gasteiger partial charge in [0.05, 0.1) is 0 Å². The SMILES string of the molecule is c1cc(CN(c2ncc(CNC3CC3)cn2)C2CC2)cs1. The average molecular weight is 300 g/mol. The van der Waals surface area contributed by atoms with Crippen molar-refractivity contribution >= 4 is 17.3 Å². The Morgan fingerprint density at radius 1 is 1.14 bits per heavy atom. The first-order valence-corrected chi connectivity index (χ1v) is 8.65. The van der Waals surface area contributed by atoms with E-state index < -0.39 is 0 Å². The van der Waals surface area contributed by atoms with Crippen LogP contribution in [0.15, 0.2) is 29.2 Å². The lowest BCUT2D eigenvalue weighted by Gasteiger charge is -2.21. The van der Waals surface area contributed by atoms with E-state index >= 15 is 0 Å². The number of anilines is 1. The minimum Gasteiger partial charge on any atom is -0.333 e. The Morgan fingerprint density at radius 3 is 2.57 bits per heavy atom. The zero-order chi connectivity index (χ0) is 14.1. The van der Waals surface area contributed by atoms with E-state index in [0.717, 1.165) is 25.1 Å². The molecule has 0 atom stereocenters. The molecule has 21 heavy (non-hydrogen) atoms. The monoisotopic (exact) mass is 300 g/mol. The van der Waals surface area contributed by atoms with E-state index in [1.165, 1.54) is 36.8 Å². The third-order valence-electron chi connectivity index (χ3n) is 4.04. The molecule has 2 aliphatic carbocycles. The molecule has 0 aromatic carbocycles. The molecule has 4 rings (SSSR count). The third-order valence-corrected chi connectivity index (χ3v) is 4.77. The van der Waals surface area contributed by atoms with Crippen LogP contribution in [0, 0.1) is 0 Å². The molecule has 2 fully saturated rings. The van der Waals surface area contributed by atoms with Gasteiger partial charge < -0.3 is 10.2 Å². The Balaban J connectivity index is 1.44. The van der Waals surface area contributed by atoms with Gasteiger partial charge in [0.25, 0.3) is 0 Å². The van der Waals surface area contributed by atoms with Crippen molar-refractivity contribution < 1.29 is 0 Å². The van der Waals surface area contributed by atoms with Crippen LogP contribution in [-0.4, -0.2) is 22.1 Å². The summed E-state index contributed by atoms with van der Waals surface area (Å²) in [6.45, 7) is 1.81. The largest absolute Gasteiger partial charge is 0.333 e. The molecule has 0 saturated heterocycles. The number of hydrogen-bond donors (Lipinski definition) is 1. The third kappa shape index (κ3) is 3.41. The molecule has 2 aromatic heterocycles. The van der Waals surface area contributed by atoms with E-state index in [-0.39, 0.29) is 0 Å². The van der Waals surface area contributed by atoms with Crippen molar-refractivity contribution in [1.29, 1.82) is 0 Å². The van der Waals surface area contributed by atoms with Crippen molar-refractivity contribution in [3.05, 3.63) is 40.3 Å². The van der Waals surface area contributed by atoms with E-state index in [0.29, 0.717) is 6.04 Å². The summed E-state index contributed by atoms with van der Waals surface area (Å²) >= 11 is 1.75. The van der Waals surface area contributed by atoms with Crippen molar-refractivity contribution in [2.45, 2.75) is 50.9 Å². The van der Waals surface area contributed by atoms with Gasteiger partial charge in [-0.3, -0.25) is 0 Å². The molecule has 1 N–H and O–H groups in total. The molecule has 2 saturated carbocycles. The zero-order valence-corrected chi connectivity index (χ0v) is 12.9. The molecule has 0 amide bonds. The molecule has 0 spiro atoms. The fraction of sp³-hybridized carbons (Fsp3) is 0.500. The lowest BCUT2D eigenvalue weighted by Crippen LogP contribution is -2.27. The number of thiophene rings is 1. The maximum absolute atomic E-state index is 4.60. The lowest BCUT2D eigenvalue weighted by atomic mass is 10.3. The highest BCUT2D eigenvalue weighted by atomic mass is 32.1. The van der Waals surface area contributed by atoms with Crippen LogP contribution >= 0.6 is 11.3 Å². The van der Waals surface area contributed by atoms with Crippen LogP contribution in [-0.2, 0) is 13.1 Å². The smallest absolute Gasteiger partial charge is 0.225 e. The molecule has 0 aliphatic heterocycles. The minimum absolute atomic E-state index is 0.625. The second-order valence-corrected chi connectivity index (χ2v) is 6.82. The van der Waals surface area contributed by atoms with Crippen molar-refractivity contribution in [3.8, 4) is 0 Å². The summed E-state index contributed by atoms with van der Waals surface area (Å²) in [4.78, 5) is 11.5. The van der Waals surface area contributed by atoms with Crippen molar-refractivity contribution in [2.24, 2.45) is 0 Å². The first kappa shape index (κ1) is 13.2. The van der Waals surface area contributed by atoms with Gasteiger partial charge in [-0.05, 0) is 48.1 Å². The van der Waals surface area contributed by atoms with Crippen LogP contribution in [0.5, 0.6) is 0 Å². The molecule has 0 unspecified atom stereocenters. The predicted octanol–water partition coefficient (Wildman–Crippen LogP) is 2.96. The number of aromatic nitrogens is 2. The summed E-state index contributed by atoms with van der Waals surface area (Å²) in [5.74, 6) is 0.874. The zero-order valence-electron chi connectivity index (χ0n) is 12.0. The molecule has 2 aliphatic rings. The molecule has 2 heterocycles. The van der Waals surface area contributed by atoms with Crippen LogP contribution in [0.2, 0.25) is 0 Å². The Hall–Kier alpha value is -1.46. The molecule has 0 radical (unpaired) electrons. The quantitative estimate of drug-likeness (QED) is 0.853. The van der Waals surface area contributed by atoms with E-state index in [4.69, 9.17) is 0 Å². The van der Waals surface area contributed by atoms with Crippen LogP contribution in [0.3, 0.4) is 0 Å². The van der Waals surface area contributed by atoms with Gasteiger partial charge in [-0.1, -0.05) is 0 Å². The highest BCUT2D eigenvalue weighted by Crippen LogP contribution is 2.31. The number of rotatable bonds is 7. The van der Waals surface area contributed by atoms with Gasteiger partial charge in [0.15, 0.2) is 0 Å². The maximum Gasteiger partial charge on any atom is 0.225 e. The van der Waals surface area contributed by atoms with Gasteiger partial charge >= 0.3 is 0 Å². The van der Waals surface area contributed by atoms with Crippen molar-refractivity contribution in [3.63, 3.8) is 0 Å². The molecular formula is C16H20N4S. The van der Waals surface area contributed by atoms with E-state index in [2.05, 4.69) is 37.0 Å². The van der Waals surface area contributed by atoms with Crippen LogP contribution in [0.4, 0.5) is 5.95 Å². The molecule has 4 nitrogen and oxygen atoms in total. The molecular weight excluding hydrogens is 280 g/mol. The fourth-order valence-corrected chi connectivity index (χ4v) is 3.13. The van der Waals surface area contributed by atoms with Gasteiger partial charge in [-0.2, -0.15) is 11.3 Å². The number of nitrogens with zero attached hydrogens (tertiary/aromatic N) is 3. The topological polar surface area (TPSA) is 41.1 Å². The van der Waals surface area contributed by atoms with E-state index in [1.54, 1.807) is 11.3 Å². The summed E-state index contributed by atoms with van der Waals surface area (Å²) < 4.78 is 0. The first-order valence-electron chi connectivity index (χ1n) is 7.70. The Morgan fingerprint density at radius 2 is 1.95 bits per heavy atom. The Kier molecular flexibility index (Phi) is 3.61. The number of hydrogen-bond acceptors (Lipinski definition) is 5. The van der Waals surface area contributed by atoms with Gasteiger partial charge in [0, 0.05) is 43.1 Å². The molecule has 0 bridgehead atoms. The lowest BCUT2D eigenvalue weighted by molar-refractivity contribution is 0.680.